The molecule has 0 radical (unpaired) electrons. The van der Waals surface area contributed by atoms with Crippen LogP contribution in [-0.2, 0) is 33.4 Å². The van der Waals surface area contributed by atoms with Gasteiger partial charge in [0.05, 0.1) is 11.8 Å². The van der Waals surface area contributed by atoms with Gasteiger partial charge in [-0.05, 0) is 62.8 Å². The number of carbonyl (C=O) groups is 2. The van der Waals surface area contributed by atoms with Gasteiger partial charge in [0.15, 0.2) is 0 Å². The summed E-state index contributed by atoms with van der Waals surface area (Å²) in [7, 11) is -6.52. The first-order valence-corrected chi connectivity index (χ1v) is 16.7. The third-order valence-corrected chi connectivity index (χ3v) is 11.6. The molecule has 10 nitrogen and oxygen atoms in total. The third kappa shape index (κ3) is 6.50. The predicted molar refractivity (Wildman–Crippen MR) is 153 cm³/mol. The fourth-order valence-corrected chi connectivity index (χ4v) is 9.95. The summed E-state index contributed by atoms with van der Waals surface area (Å²) < 4.78 is 55.8. The zero-order valence-corrected chi connectivity index (χ0v) is 25.3. The van der Waals surface area contributed by atoms with Crippen molar-refractivity contribution < 1.29 is 31.8 Å². The molecule has 218 valence electrons. The van der Waals surface area contributed by atoms with Crippen molar-refractivity contribution in [3.8, 4) is 11.1 Å². The highest BCUT2D eigenvalue weighted by atomic mass is 32.2. The Bertz CT molecular complexity index is 1380. The van der Waals surface area contributed by atoms with Gasteiger partial charge in [-0.2, -0.15) is 0 Å². The quantitative estimate of drug-likeness (QED) is 0.315. The van der Waals surface area contributed by atoms with E-state index in [1.807, 2.05) is 48.5 Å². The molecule has 12 heteroatoms. The monoisotopic (exact) mass is 591 g/mol. The molecule has 2 aromatic rings. The number of fused-ring (bicyclic) bond motifs is 3. The zero-order chi connectivity index (χ0) is 29.3. The van der Waals surface area contributed by atoms with E-state index in [1.165, 1.54) is 18.7 Å². The fourth-order valence-electron chi connectivity index (χ4n) is 5.53. The maximum absolute atomic E-state index is 14.1. The molecule has 1 saturated heterocycles. The molecule has 1 amide bonds. The van der Waals surface area contributed by atoms with Crippen LogP contribution in [0.3, 0.4) is 0 Å². The van der Waals surface area contributed by atoms with E-state index < -0.39 is 46.8 Å². The Balaban J connectivity index is 1.47. The number of benzene rings is 2. The molecule has 0 saturated carbocycles. The summed E-state index contributed by atoms with van der Waals surface area (Å²) in [5.41, 5.74) is 3.18. The molecule has 1 heterocycles. The molecular formula is C28H38N3O7PS. The van der Waals surface area contributed by atoms with Gasteiger partial charge in [0.1, 0.15) is 17.9 Å². The second-order valence-corrected chi connectivity index (χ2v) is 15.8. The van der Waals surface area contributed by atoms with E-state index in [9.17, 15) is 22.6 Å². The molecule has 3 atom stereocenters. The summed E-state index contributed by atoms with van der Waals surface area (Å²) in [5.74, 6) is -2.80. The lowest BCUT2D eigenvalue weighted by Crippen LogP contribution is -2.47. The smallest absolute Gasteiger partial charge is 0.325 e. The van der Waals surface area contributed by atoms with Gasteiger partial charge < -0.3 is 14.6 Å². The van der Waals surface area contributed by atoms with E-state index in [2.05, 4.69) is 10.0 Å². The largest absolute Gasteiger partial charge is 0.459 e. The SMILES string of the molecule is COP(=O)([C@H](C)NS(=O)(=O)CC1c2ccccc2-c2ccccc21)N1CCC[C@H]1C(=O)NCC(=O)OC(C)(C)C. The van der Waals surface area contributed by atoms with Crippen molar-refractivity contribution in [2.45, 2.75) is 63.9 Å². The molecule has 2 N–H and O–H groups in total. The lowest BCUT2D eigenvalue weighted by atomic mass is 9.99. The molecule has 0 spiro atoms. The van der Waals surface area contributed by atoms with Gasteiger partial charge in [-0.3, -0.25) is 14.2 Å². The van der Waals surface area contributed by atoms with Crippen molar-refractivity contribution >= 4 is 29.4 Å². The number of nitrogens with one attached hydrogen (secondary N) is 2. The maximum Gasteiger partial charge on any atom is 0.325 e. The molecular weight excluding hydrogens is 553 g/mol. The molecule has 1 aliphatic carbocycles. The second-order valence-electron chi connectivity index (χ2n) is 11.2. The van der Waals surface area contributed by atoms with E-state index in [-0.39, 0.29) is 24.8 Å². The van der Waals surface area contributed by atoms with Gasteiger partial charge in [0.2, 0.25) is 15.9 Å². The Morgan fingerprint density at radius 1 is 1.07 bits per heavy atom. The molecule has 1 unspecified atom stereocenters. The van der Waals surface area contributed by atoms with Gasteiger partial charge in [-0.1, -0.05) is 48.5 Å². The highest BCUT2D eigenvalue weighted by Gasteiger charge is 2.47. The molecule has 0 bridgehead atoms. The second kappa shape index (κ2) is 11.7. The number of amides is 1. The zero-order valence-electron chi connectivity index (χ0n) is 23.5. The molecule has 1 fully saturated rings. The van der Waals surface area contributed by atoms with Gasteiger partial charge >= 0.3 is 5.97 Å². The lowest BCUT2D eigenvalue weighted by molar-refractivity contribution is -0.154. The highest BCUT2D eigenvalue weighted by Crippen LogP contribution is 2.57. The minimum Gasteiger partial charge on any atom is -0.459 e. The van der Waals surface area contributed by atoms with Crippen LogP contribution in [-0.4, -0.2) is 68.3 Å². The van der Waals surface area contributed by atoms with Crippen LogP contribution in [0.15, 0.2) is 48.5 Å². The van der Waals surface area contributed by atoms with E-state index in [4.69, 9.17) is 9.26 Å². The number of sulfonamides is 1. The number of rotatable bonds is 10. The van der Waals surface area contributed by atoms with Crippen LogP contribution in [0.2, 0.25) is 0 Å². The summed E-state index contributed by atoms with van der Waals surface area (Å²) in [6.07, 6.45) is 0.954. The molecule has 0 aromatic heterocycles. The summed E-state index contributed by atoms with van der Waals surface area (Å²) >= 11 is 0. The predicted octanol–water partition coefficient (Wildman–Crippen LogP) is 3.83. The Morgan fingerprint density at radius 3 is 2.20 bits per heavy atom. The van der Waals surface area contributed by atoms with Gasteiger partial charge in [0.25, 0.3) is 7.52 Å². The van der Waals surface area contributed by atoms with E-state index in [0.29, 0.717) is 12.8 Å². The number of carbonyl (C=O) groups excluding carboxylic acids is 2. The summed E-state index contributed by atoms with van der Waals surface area (Å²) in [6.45, 7) is 6.63. The van der Waals surface area contributed by atoms with Crippen molar-refractivity contribution in [2.75, 3.05) is 26.0 Å². The van der Waals surface area contributed by atoms with Crippen LogP contribution >= 0.6 is 7.52 Å². The number of ether oxygens (including phenoxy) is 1. The molecule has 4 rings (SSSR count). The standard InChI is InChI=1S/C28H38N3O7PS/c1-19(30-40(35,36)18-24-22-13-8-6-11-20(22)21-12-7-9-14-23(21)24)39(34,37-5)31-16-10-15-25(31)27(33)29-17-26(32)38-28(2,3)4/h6-9,11-14,19,24-25,30H,10,15-18H2,1-5H3,(H,29,33)/t19-,25+,39?/m1/s1. The summed E-state index contributed by atoms with van der Waals surface area (Å²) in [5, 5.41) is 2.56. The first-order valence-electron chi connectivity index (χ1n) is 13.4. The maximum atomic E-state index is 14.1. The fraction of sp³-hybridized carbons (Fsp3) is 0.500. The number of hydrogen-bond donors (Lipinski definition) is 2. The average molecular weight is 592 g/mol. The Labute approximate surface area is 236 Å². The Morgan fingerprint density at radius 2 is 1.65 bits per heavy atom. The minimum absolute atomic E-state index is 0.227. The highest BCUT2D eigenvalue weighted by molar-refractivity contribution is 7.89. The number of nitrogens with zero attached hydrogens (tertiary/aromatic N) is 1. The topological polar surface area (TPSA) is 131 Å². The number of hydrogen-bond acceptors (Lipinski definition) is 7. The Kier molecular flexibility index (Phi) is 8.92. The lowest BCUT2D eigenvalue weighted by Gasteiger charge is -2.34. The normalized spacial score (nSPS) is 19.9. The van der Waals surface area contributed by atoms with Gasteiger partial charge in [-0.25, -0.2) is 17.8 Å². The van der Waals surface area contributed by atoms with Crippen molar-refractivity contribution in [1.29, 1.82) is 0 Å². The van der Waals surface area contributed by atoms with Crippen molar-refractivity contribution in [3.05, 3.63) is 59.7 Å². The van der Waals surface area contributed by atoms with Crippen molar-refractivity contribution in [3.63, 3.8) is 0 Å². The summed E-state index contributed by atoms with van der Waals surface area (Å²) in [6, 6.07) is 14.6. The summed E-state index contributed by atoms with van der Waals surface area (Å²) in [4.78, 5) is 25.1. The minimum atomic E-state index is -3.94. The van der Waals surface area contributed by atoms with Crippen molar-refractivity contribution in [1.82, 2.24) is 14.7 Å². The third-order valence-electron chi connectivity index (χ3n) is 7.16. The van der Waals surface area contributed by atoms with Gasteiger partial charge in [-0.15, -0.1) is 0 Å². The van der Waals surface area contributed by atoms with Crippen LogP contribution in [0.5, 0.6) is 0 Å². The first-order chi connectivity index (χ1) is 18.8. The van der Waals surface area contributed by atoms with Crippen molar-refractivity contribution in [2.24, 2.45) is 0 Å². The van der Waals surface area contributed by atoms with E-state index >= 15 is 0 Å². The van der Waals surface area contributed by atoms with Crippen LogP contribution in [0.4, 0.5) is 0 Å². The first kappa shape index (κ1) is 30.4. The van der Waals surface area contributed by atoms with Crippen LogP contribution in [0.1, 0.15) is 57.6 Å². The molecule has 2 aliphatic rings. The molecule has 2 aromatic carbocycles. The molecule has 40 heavy (non-hydrogen) atoms. The average Bonchev–Trinajstić information content (AvgIpc) is 3.50. The van der Waals surface area contributed by atoms with Crippen LogP contribution in [0, 0.1) is 0 Å². The van der Waals surface area contributed by atoms with Crippen LogP contribution < -0.4 is 10.0 Å². The number of esters is 1. The van der Waals surface area contributed by atoms with E-state index in [0.717, 1.165) is 22.3 Å². The van der Waals surface area contributed by atoms with E-state index in [1.54, 1.807) is 20.8 Å². The van der Waals surface area contributed by atoms with Crippen LogP contribution in [0.25, 0.3) is 11.1 Å². The van der Waals surface area contributed by atoms with Gasteiger partial charge in [0, 0.05) is 19.6 Å². The Hall–Kier alpha value is -2.56. The molecule has 1 aliphatic heterocycles.